The van der Waals surface area contributed by atoms with Crippen LogP contribution in [0.2, 0.25) is 0 Å². The van der Waals surface area contributed by atoms with Gasteiger partial charge >= 0.3 is 6.18 Å². The average Bonchev–Trinajstić information content (AvgIpc) is 3.03. The van der Waals surface area contributed by atoms with Gasteiger partial charge in [-0.2, -0.15) is 13.2 Å². The van der Waals surface area contributed by atoms with Crippen LogP contribution >= 0.6 is 11.3 Å². The molecule has 0 amide bonds. The molecule has 1 aromatic carbocycles. The number of alkyl halides is 3. The van der Waals surface area contributed by atoms with Crippen LogP contribution < -0.4 is 0 Å². The molecule has 3 rings (SSSR count). The summed E-state index contributed by atoms with van der Waals surface area (Å²) in [7, 11) is 0. The van der Waals surface area contributed by atoms with Crippen molar-refractivity contribution in [3.05, 3.63) is 40.4 Å². The summed E-state index contributed by atoms with van der Waals surface area (Å²) in [5, 5.41) is 10.1. The summed E-state index contributed by atoms with van der Waals surface area (Å²) < 4.78 is 49.1. The fourth-order valence-corrected chi connectivity index (χ4v) is 3.49. The van der Waals surface area contributed by atoms with Gasteiger partial charge in [0, 0.05) is 12.2 Å². The highest BCUT2D eigenvalue weighted by Gasteiger charge is 2.30. The molecule has 0 bridgehead atoms. The van der Waals surface area contributed by atoms with Crippen LogP contribution in [-0.4, -0.2) is 23.0 Å². The van der Waals surface area contributed by atoms with E-state index in [-0.39, 0.29) is 19.5 Å². The Kier molecular flexibility index (Phi) is 5.73. The lowest BCUT2D eigenvalue weighted by atomic mass is 10.1. The maximum Gasteiger partial charge on any atom is 0.416 e. The molecule has 1 fully saturated rings. The smallest absolute Gasteiger partial charge is 0.391 e. The van der Waals surface area contributed by atoms with E-state index in [4.69, 9.17) is 9.47 Å². The zero-order valence-corrected chi connectivity index (χ0v) is 14.2. The Morgan fingerprint density at radius 2 is 2.00 bits per heavy atom. The van der Waals surface area contributed by atoms with Crippen LogP contribution in [0.3, 0.4) is 0 Å². The van der Waals surface area contributed by atoms with E-state index in [0.717, 1.165) is 31.4 Å². The predicted molar refractivity (Wildman–Crippen MR) is 86.9 cm³/mol. The molecule has 2 aromatic rings. The largest absolute Gasteiger partial charge is 0.416 e. The van der Waals surface area contributed by atoms with Crippen molar-refractivity contribution >= 4 is 11.3 Å². The molecule has 0 spiro atoms. The number of halogens is 3. The van der Waals surface area contributed by atoms with E-state index < -0.39 is 11.7 Å². The van der Waals surface area contributed by atoms with Gasteiger partial charge in [0.1, 0.15) is 5.01 Å². The van der Waals surface area contributed by atoms with E-state index in [0.29, 0.717) is 27.7 Å². The van der Waals surface area contributed by atoms with Gasteiger partial charge in [0.25, 0.3) is 0 Å². The molecule has 1 atom stereocenters. The first-order chi connectivity index (χ1) is 12.0. The molecule has 8 heteroatoms. The van der Waals surface area contributed by atoms with Gasteiger partial charge in [-0.1, -0.05) is 12.1 Å². The van der Waals surface area contributed by atoms with E-state index in [1.165, 1.54) is 23.5 Å². The maximum atomic E-state index is 12.6. The van der Waals surface area contributed by atoms with E-state index in [1.807, 2.05) is 0 Å². The Balaban J connectivity index is 1.73. The summed E-state index contributed by atoms with van der Waals surface area (Å²) in [6, 6.07) is 4.83. The number of aliphatic hydroxyl groups excluding tert-OH is 1. The van der Waals surface area contributed by atoms with Gasteiger partial charge < -0.3 is 14.6 Å². The Morgan fingerprint density at radius 3 is 2.60 bits per heavy atom. The van der Waals surface area contributed by atoms with Gasteiger partial charge in [0.05, 0.1) is 29.3 Å². The molecular formula is C17H18F3NO3S. The molecule has 1 aliphatic rings. The molecule has 1 aromatic heterocycles. The third kappa shape index (κ3) is 4.58. The lowest BCUT2D eigenvalue weighted by Gasteiger charge is -2.22. The second-order valence-corrected chi connectivity index (χ2v) is 6.81. The van der Waals surface area contributed by atoms with Crippen LogP contribution in [0.15, 0.2) is 24.3 Å². The average molecular weight is 373 g/mol. The summed E-state index contributed by atoms with van der Waals surface area (Å²) in [4.78, 5) is 5.07. The maximum absolute atomic E-state index is 12.6. The molecule has 4 nitrogen and oxygen atoms in total. The van der Waals surface area contributed by atoms with Gasteiger partial charge in [-0.15, -0.1) is 11.3 Å². The Hall–Kier alpha value is -1.48. The molecule has 1 N–H and O–H groups in total. The number of aliphatic hydroxyl groups is 1. The second kappa shape index (κ2) is 7.82. The van der Waals surface area contributed by atoms with E-state index in [1.54, 1.807) is 0 Å². The van der Waals surface area contributed by atoms with Crippen LogP contribution in [0.4, 0.5) is 13.2 Å². The zero-order valence-electron chi connectivity index (χ0n) is 13.4. The molecule has 1 unspecified atom stereocenters. The van der Waals surface area contributed by atoms with Crippen molar-refractivity contribution in [3.63, 3.8) is 0 Å². The van der Waals surface area contributed by atoms with Crippen molar-refractivity contribution in [1.82, 2.24) is 4.98 Å². The van der Waals surface area contributed by atoms with E-state index >= 15 is 0 Å². The first-order valence-corrected chi connectivity index (χ1v) is 8.79. The van der Waals surface area contributed by atoms with Crippen LogP contribution in [0.25, 0.3) is 10.6 Å². The standard InChI is InChI=1S/C17H18F3NO3S/c18-17(19,20)12-6-4-11(5-7-12)16-21-13(14(9-22)25-16)10-24-15-3-1-2-8-23-15/h4-7,15,22H,1-3,8-10H2. The van der Waals surface area contributed by atoms with Gasteiger partial charge in [-0.25, -0.2) is 4.98 Å². The molecule has 0 aliphatic carbocycles. The van der Waals surface area contributed by atoms with Gasteiger partial charge in [0.15, 0.2) is 6.29 Å². The number of nitrogens with zero attached hydrogens (tertiary/aromatic N) is 1. The van der Waals surface area contributed by atoms with Crippen LogP contribution in [-0.2, 0) is 28.9 Å². The monoisotopic (exact) mass is 373 g/mol. The number of thiazole rings is 1. The van der Waals surface area contributed by atoms with Crippen molar-refractivity contribution in [2.24, 2.45) is 0 Å². The Morgan fingerprint density at radius 1 is 1.24 bits per heavy atom. The minimum absolute atomic E-state index is 0.192. The van der Waals surface area contributed by atoms with Crippen molar-refractivity contribution in [3.8, 4) is 10.6 Å². The molecule has 1 aliphatic heterocycles. The molecule has 2 heterocycles. The minimum atomic E-state index is -4.36. The molecule has 0 radical (unpaired) electrons. The lowest BCUT2D eigenvalue weighted by molar-refractivity contribution is -0.169. The van der Waals surface area contributed by atoms with Crippen molar-refractivity contribution in [2.75, 3.05) is 6.61 Å². The van der Waals surface area contributed by atoms with Crippen molar-refractivity contribution in [1.29, 1.82) is 0 Å². The highest BCUT2D eigenvalue weighted by atomic mass is 32.1. The second-order valence-electron chi connectivity index (χ2n) is 5.73. The Bertz CT molecular complexity index is 694. The normalized spacial score (nSPS) is 18.5. The van der Waals surface area contributed by atoms with Gasteiger partial charge in [0.2, 0.25) is 0 Å². The van der Waals surface area contributed by atoms with Crippen molar-refractivity contribution < 1.29 is 27.8 Å². The molecule has 0 saturated carbocycles. The fraction of sp³-hybridized carbons (Fsp3) is 0.471. The number of aromatic nitrogens is 1. The number of hydrogen-bond donors (Lipinski definition) is 1. The van der Waals surface area contributed by atoms with Crippen molar-refractivity contribution in [2.45, 2.75) is 44.9 Å². The molecule has 25 heavy (non-hydrogen) atoms. The predicted octanol–water partition coefficient (Wildman–Crippen LogP) is 4.36. The number of benzene rings is 1. The van der Waals surface area contributed by atoms with Gasteiger partial charge in [-0.3, -0.25) is 0 Å². The minimum Gasteiger partial charge on any atom is -0.391 e. The highest BCUT2D eigenvalue weighted by Crippen LogP contribution is 2.33. The quantitative estimate of drug-likeness (QED) is 0.846. The van der Waals surface area contributed by atoms with E-state index in [9.17, 15) is 18.3 Å². The number of rotatable bonds is 5. The Labute approximate surface area is 147 Å². The highest BCUT2D eigenvalue weighted by molar-refractivity contribution is 7.15. The first kappa shape index (κ1) is 18.3. The van der Waals surface area contributed by atoms with E-state index in [2.05, 4.69) is 4.98 Å². The molecule has 136 valence electrons. The third-order valence-electron chi connectivity index (χ3n) is 3.92. The topological polar surface area (TPSA) is 51.6 Å². The van der Waals surface area contributed by atoms with Gasteiger partial charge in [-0.05, 0) is 31.4 Å². The zero-order chi connectivity index (χ0) is 17.9. The number of hydrogen-bond acceptors (Lipinski definition) is 5. The number of ether oxygens (including phenoxy) is 2. The van der Waals surface area contributed by atoms with Crippen LogP contribution in [0.5, 0.6) is 0 Å². The first-order valence-electron chi connectivity index (χ1n) is 7.97. The summed E-state index contributed by atoms with van der Waals surface area (Å²) in [6.07, 6.45) is -1.74. The lowest BCUT2D eigenvalue weighted by Crippen LogP contribution is -2.22. The third-order valence-corrected chi connectivity index (χ3v) is 5.06. The van der Waals surface area contributed by atoms with Crippen LogP contribution in [0.1, 0.15) is 35.4 Å². The summed E-state index contributed by atoms with van der Waals surface area (Å²) in [5.74, 6) is 0. The molecule has 1 saturated heterocycles. The summed E-state index contributed by atoms with van der Waals surface area (Å²) >= 11 is 1.25. The molecular weight excluding hydrogens is 355 g/mol. The summed E-state index contributed by atoms with van der Waals surface area (Å²) in [6.45, 7) is 0.686. The SMILES string of the molecule is OCc1sc(-c2ccc(C(F)(F)F)cc2)nc1COC1CCCCO1. The fourth-order valence-electron chi connectivity index (χ4n) is 2.56. The van der Waals surface area contributed by atoms with Crippen LogP contribution in [0, 0.1) is 0 Å². The summed E-state index contributed by atoms with van der Waals surface area (Å²) in [5.41, 5.74) is 0.470.